The Morgan fingerprint density at radius 3 is 2.56 bits per heavy atom. The van der Waals surface area contributed by atoms with Crippen LogP contribution >= 0.6 is 35.7 Å². The van der Waals surface area contributed by atoms with Crippen molar-refractivity contribution in [2.75, 3.05) is 26.4 Å². The van der Waals surface area contributed by atoms with E-state index in [4.69, 9.17) is 0 Å². The highest BCUT2D eigenvalue weighted by Crippen LogP contribution is 2.15. The maximum absolute atomic E-state index is 4.04. The molecular weight excluding hydrogens is 333 g/mol. The first-order valence-electron chi connectivity index (χ1n) is 4.93. The Hall–Kier alpha value is -0.430. The zero-order valence-electron chi connectivity index (χ0n) is 9.56. The largest absolute Gasteiger partial charge is 0.359 e. The van der Waals surface area contributed by atoms with E-state index in [1.165, 1.54) is 4.90 Å². The number of rotatable bonds is 4. The van der Waals surface area contributed by atoms with E-state index in [1.54, 1.807) is 7.05 Å². The number of aliphatic imine (C=N–C) groups is 1. The van der Waals surface area contributed by atoms with Crippen LogP contribution in [-0.2, 0) is 0 Å². The summed E-state index contributed by atoms with van der Waals surface area (Å²) in [4.78, 5) is 5.34. The third kappa shape index (κ3) is 6.22. The number of benzene rings is 1. The minimum Gasteiger partial charge on any atom is -0.359 e. The molecule has 2 N–H and O–H groups in total. The summed E-state index contributed by atoms with van der Waals surface area (Å²) in [6.45, 7) is 0.910. The van der Waals surface area contributed by atoms with Gasteiger partial charge in [-0.2, -0.15) is 0 Å². The summed E-state index contributed by atoms with van der Waals surface area (Å²) in [6, 6.07) is 10.4. The minimum atomic E-state index is 0. The fraction of sp³-hybridized carbons (Fsp3) is 0.364. The summed E-state index contributed by atoms with van der Waals surface area (Å²) in [7, 11) is 3.63. The Balaban J connectivity index is 0.00000225. The van der Waals surface area contributed by atoms with Gasteiger partial charge in [-0.25, -0.2) is 0 Å². The van der Waals surface area contributed by atoms with Crippen molar-refractivity contribution < 1.29 is 0 Å². The van der Waals surface area contributed by atoms with Crippen LogP contribution in [0, 0.1) is 0 Å². The van der Waals surface area contributed by atoms with Crippen molar-refractivity contribution in [1.82, 2.24) is 10.6 Å². The monoisotopic (exact) mass is 351 g/mol. The van der Waals surface area contributed by atoms with Gasteiger partial charge in [0.25, 0.3) is 0 Å². The predicted octanol–water partition coefficient (Wildman–Crippen LogP) is 2.19. The first-order chi connectivity index (χ1) is 7.36. The first-order valence-corrected chi connectivity index (χ1v) is 5.91. The molecule has 3 nitrogen and oxygen atoms in total. The molecule has 0 spiro atoms. The molecule has 0 aromatic heterocycles. The molecule has 0 aliphatic carbocycles. The molecular formula is C11H18IN3S. The molecule has 0 heterocycles. The minimum absolute atomic E-state index is 0. The summed E-state index contributed by atoms with van der Waals surface area (Å²) in [5.74, 6) is 1.87. The van der Waals surface area contributed by atoms with Gasteiger partial charge < -0.3 is 10.6 Å². The number of hydrogen-bond acceptors (Lipinski definition) is 2. The SMILES string of the molecule is CN=C(NC)NCCSc1ccccc1.I. The maximum atomic E-state index is 4.04. The fourth-order valence-corrected chi connectivity index (χ4v) is 1.92. The zero-order valence-corrected chi connectivity index (χ0v) is 12.7. The lowest BCUT2D eigenvalue weighted by molar-refractivity contribution is 0.912. The lowest BCUT2D eigenvalue weighted by atomic mass is 10.4. The standard InChI is InChI=1S/C11H17N3S.HI/c1-12-11(13-2)14-8-9-15-10-6-4-3-5-7-10;/h3-7H,8-9H2,1-2H3,(H2,12,13,14);1H. The molecule has 0 saturated carbocycles. The average Bonchev–Trinajstić information content (AvgIpc) is 2.31. The first kappa shape index (κ1) is 15.6. The summed E-state index contributed by atoms with van der Waals surface area (Å²) in [5.41, 5.74) is 0. The lowest BCUT2D eigenvalue weighted by Gasteiger charge is -2.07. The number of nitrogens with zero attached hydrogens (tertiary/aromatic N) is 1. The second kappa shape index (κ2) is 9.77. The topological polar surface area (TPSA) is 36.4 Å². The van der Waals surface area contributed by atoms with E-state index >= 15 is 0 Å². The Bertz CT molecular complexity index is 303. The summed E-state index contributed by atoms with van der Waals surface area (Å²) < 4.78 is 0. The maximum Gasteiger partial charge on any atom is 0.190 e. The van der Waals surface area contributed by atoms with E-state index < -0.39 is 0 Å². The van der Waals surface area contributed by atoms with E-state index in [2.05, 4.69) is 39.9 Å². The quantitative estimate of drug-likeness (QED) is 0.287. The highest BCUT2D eigenvalue weighted by Gasteiger charge is 1.94. The van der Waals surface area contributed by atoms with Gasteiger partial charge in [-0.3, -0.25) is 4.99 Å². The van der Waals surface area contributed by atoms with Gasteiger partial charge in [-0.15, -0.1) is 35.7 Å². The molecule has 0 unspecified atom stereocenters. The van der Waals surface area contributed by atoms with Gasteiger partial charge in [-0.05, 0) is 12.1 Å². The van der Waals surface area contributed by atoms with Crippen LogP contribution in [0.15, 0.2) is 40.2 Å². The second-order valence-electron chi connectivity index (χ2n) is 2.91. The van der Waals surface area contributed by atoms with Crippen LogP contribution in [0.5, 0.6) is 0 Å². The molecule has 0 saturated heterocycles. The van der Waals surface area contributed by atoms with E-state index in [-0.39, 0.29) is 24.0 Å². The van der Waals surface area contributed by atoms with Crippen molar-refractivity contribution in [2.24, 2.45) is 4.99 Å². The van der Waals surface area contributed by atoms with Crippen LogP contribution in [0.25, 0.3) is 0 Å². The number of guanidine groups is 1. The van der Waals surface area contributed by atoms with Crippen LogP contribution < -0.4 is 10.6 Å². The number of nitrogens with one attached hydrogen (secondary N) is 2. The lowest BCUT2D eigenvalue weighted by Crippen LogP contribution is -2.35. The van der Waals surface area contributed by atoms with Crippen LogP contribution in [0.3, 0.4) is 0 Å². The predicted molar refractivity (Wildman–Crippen MR) is 83.0 cm³/mol. The average molecular weight is 351 g/mol. The third-order valence-electron chi connectivity index (χ3n) is 1.87. The summed E-state index contributed by atoms with van der Waals surface area (Å²) in [6.07, 6.45) is 0. The van der Waals surface area contributed by atoms with Gasteiger partial charge in [0.1, 0.15) is 0 Å². The number of hydrogen-bond donors (Lipinski definition) is 2. The van der Waals surface area contributed by atoms with Crippen molar-refractivity contribution in [3.63, 3.8) is 0 Å². The van der Waals surface area contributed by atoms with Crippen LogP contribution in [0.1, 0.15) is 0 Å². The van der Waals surface area contributed by atoms with Gasteiger partial charge in [0.2, 0.25) is 0 Å². The van der Waals surface area contributed by atoms with Gasteiger partial charge in [0.05, 0.1) is 0 Å². The molecule has 0 radical (unpaired) electrons. The molecule has 16 heavy (non-hydrogen) atoms. The van der Waals surface area contributed by atoms with E-state index in [1.807, 2.05) is 24.9 Å². The smallest absolute Gasteiger partial charge is 0.190 e. The van der Waals surface area contributed by atoms with Gasteiger partial charge in [0.15, 0.2) is 5.96 Å². The Morgan fingerprint density at radius 2 is 2.00 bits per heavy atom. The normalized spacial score (nSPS) is 10.5. The molecule has 1 rings (SSSR count). The molecule has 0 atom stereocenters. The molecule has 1 aromatic rings. The highest BCUT2D eigenvalue weighted by molar-refractivity contribution is 14.0. The van der Waals surface area contributed by atoms with Crippen LogP contribution in [0.2, 0.25) is 0 Å². The highest BCUT2D eigenvalue weighted by atomic mass is 127. The molecule has 5 heteroatoms. The molecule has 0 bridgehead atoms. The van der Waals surface area contributed by atoms with Gasteiger partial charge >= 0.3 is 0 Å². The van der Waals surface area contributed by atoms with Gasteiger partial charge in [0, 0.05) is 31.3 Å². The van der Waals surface area contributed by atoms with Crippen LogP contribution in [0.4, 0.5) is 0 Å². The summed E-state index contributed by atoms with van der Waals surface area (Å²) in [5, 5.41) is 6.19. The van der Waals surface area contributed by atoms with Crippen molar-refractivity contribution in [1.29, 1.82) is 0 Å². The van der Waals surface area contributed by atoms with E-state index in [9.17, 15) is 0 Å². The Labute approximate surface area is 119 Å². The Kier molecular flexibility index (Phi) is 9.51. The second-order valence-corrected chi connectivity index (χ2v) is 4.08. The van der Waals surface area contributed by atoms with Crippen molar-refractivity contribution >= 4 is 41.7 Å². The van der Waals surface area contributed by atoms with Crippen LogP contribution in [-0.4, -0.2) is 32.4 Å². The van der Waals surface area contributed by atoms with Gasteiger partial charge in [-0.1, -0.05) is 18.2 Å². The van der Waals surface area contributed by atoms with E-state index in [0.717, 1.165) is 18.3 Å². The third-order valence-corrected chi connectivity index (χ3v) is 2.88. The molecule has 0 fully saturated rings. The fourth-order valence-electron chi connectivity index (χ4n) is 1.13. The molecule has 0 amide bonds. The van der Waals surface area contributed by atoms with Crippen molar-refractivity contribution in [3.8, 4) is 0 Å². The summed E-state index contributed by atoms with van der Waals surface area (Å²) >= 11 is 1.84. The molecule has 90 valence electrons. The molecule has 0 aliphatic rings. The zero-order chi connectivity index (χ0) is 10.9. The van der Waals surface area contributed by atoms with Crippen molar-refractivity contribution in [2.45, 2.75) is 4.90 Å². The number of halogens is 1. The Morgan fingerprint density at radius 1 is 1.31 bits per heavy atom. The molecule has 0 aliphatic heterocycles. The van der Waals surface area contributed by atoms with Crippen molar-refractivity contribution in [3.05, 3.63) is 30.3 Å². The number of thioether (sulfide) groups is 1. The molecule has 1 aromatic carbocycles. The van der Waals surface area contributed by atoms with E-state index in [0.29, 0.717) is 0 Å².